The zero-order valence-electron chi connectivity index (χ0n) is 7.46. The average molecular weight is 175 g/mol. The van der Waals surface area contributed by atoms with Crippen molar-refractivity contribution in [2.75, 3.05) is 6.54 Å². The van der Waals surface area contributed by atoms with E-state index in [9.17, 15) is 0 Å². The van der Waals surface area contributed by atoms with Gasteiger partial charge < -0.3 is 10.3 Å². The molecule has 68 valence electrons. The van der Waals surface area contributed by atoms with Gasteiger partial charge in [-0.05, 0) is 12.1 Å². The summed E-state index contributed by atoms with van der Waals surface area (Å²) in [6.45, 7) is 0.972. The van der Waals surface area contributed by atoms with Crippen LogP contribution in [0.25, 0.3) is 11.0 Å². The summed E-state index contributed by atoms with van der Waals surface area (Å²) in [5.74, 6) is 1.04. The zero-order chi connectivity index (χ0) is 9.10. The van der Waals surface area contributed by atoms with Gasteiger partial charge >= 0.3 is 0 Å². The van der Waals surface area contributed by atoms with E-state index < -0.39 is 0 Å². The van der Waals surface area contributed by atoms with E-state index in [0.717, 1.165) is 29.8 Å². The smallest absolute Gasteiger partial charge is 0.112 e. The van der Waals surface area contributed by atoms with Crippen molar-refractivity contribution in [3.05, 3.63) is 37.1 Å². The minimum absolute atomic E-state index is 0.943. The molecule has 0 aliphatic heterocycles. The van der Waals surface area contributed by atoms with Gasteiger partial charge in [0.25, 0.3) is 0 Å². The maximum Gasteiger partial charge on any atom is 0.112 e. The Morgan fingerprint density at radius 2 is 2.23 bits per heavy atom. The molecule has 0 fully saturated rings. The molecule has 3 nitrogen and oxygen atoms in total. The highest BCUT2D eigenvalue weighted by Crippen LogP contribution is 2.09. The Hall–Kier alpha value is -1.35. The molecule has 0 bridgehead atoms. The van der Waals surface area contributed by atoms with Gasteiger partial charge in [-0.2, -0.15) is 7.05 Å². The zero-order valence-corrected chi connectivity index (χ0v) is 7.46. The molecule has 0 amide bonds. The van der Waals surface area contributed by atoms with Crippen molar-refractivity contribution in [2.24, 2.45) is 0 Å². The lowest BCUT2D eigenvalue weighted by Crippen LogP contribution is -2.77. The average Bonchev–Trinajstić information content (AvgIpc) is 2.57. The minimum Gasteiger partial charge on any atom is -0.478 e. The van der Waals surface area contributed by atoms with Crippen molar-refractivity contribution >= 4 is 11.0 Å². The monoisotopic (exact) mass is 175 g/mol. The van der Waals surface area contributed by atoms with E-state index in [4.69, 9.17) is 0 Å². The Kier molecular flexibility index (Phi) is 2.27. The fraction of sp³-hybridized carbons (Fsp3) is 0.200. The summed E-state index contributed by atoms with van der Waals surface area (Å²) in [6.07, 6.45) is 0.943. The van der Waals surface area contributed by atoms with E-state index in [1.165, 1.54) is 0 Å². The summed E-state index contributed by atoms with van der Waals surface area (Å²) in [5.41, 5.74) is 2.16. The highest BCUT2D eigenvalue weighted by Gasteiger charge is 2.00. The van der Waals surface area contributed by atoms with Gasteiger partial charge in [0.2, 0.25) is 0 Å². The predicted octanol–water partition coefficient (Wildman–Crippen LogP) is 0.460. The summed E-state index contributed by atoms with van der Waals surface area (Å²) < 4.78 is 0. The number of nitrogens with zero attached hydrogens (tertiary/aromatic N) is 1. The molecule has 2 aromatic rings. The minimum atomic E-state index is 0.943. The van der Waals surface area contributed by atoms with E-state index in [0.29, 0.717) is 0 Å². The van der Waals surface area contributed by atoms with Gasteiger partial charge in [-0.3, -0.25) is 0 Å². The quantitative estimate of drug-likeness (QED) is 0.654. The highest BCUT2D eigenvalue weighted by molar-refractivity contribution is 5.74. The van der Waals surface area contributed by atoms with Crippen molar-refractivity contribution in [3.8, 4) is 0 Å². The van der Waals surface area contributed by atoms with Crippen molar-refractivity contribution in [1.82, 2.24) is 9.97 Å². The van der Waals surface area contributed by atoms with Crippen molar-refractivity contribution in [3.63, 3.8) is 0 Å². The van der Waals surface area contributed by atoms with Crippen LogP contribution in [0.3, 0.4) is 0 Å². The number of nitrogens with two attached hydrogens (primary N) is 1. The Balaban J connectivity index is 2.28. The van der Waals surface area contributed by atoms with Crippen LogP contribution in [0.15, 0.2) is 24.3 Å². The Morgan fingerprint density at radius 1 is 1.38 bits per heavy atom. The maximum absolute atomic E-state index is 4.45. The second kappa shape index (κ2) is 3.58. The van der Waals surface area contributed by atoms with Crippen LogP contribution >= 0.6 is 0 Å². The van der Waals surface area contributed by atoms with Crippen LogP contribution in [-0.2, 0) is 6.42 Å². The fourth-order valence-electron chi connectivity index (χ4n) is 1.36. The van der Waals surface area contributed by atoms with Crippen molar-refractivity contribution in [2.45, 2.75) is 6.42 Å². The van der Waals surface area contributed by atoms with Crippen LogP contribution in [0.4, 0.5) is 0 Å². The molecule has 2 rings (SSSR count). The summed E-state index contributed by atoms with van der Waals surface area (Å²) >= 11 is 0. The van der Waals surface area contributed by atoms with Crippen LogP contribution in [0.2, 0.25) is 0 Å². The van der Waals surface area contributed by atoms with E-state index in [1.807, 2.05) is 29.6 Å². The predicted molar refractivity (Wildman–Crippen MR) is 51.9 cm³/mol. The van der Waals surface area contributed by atoms with Crippen LogP contribution in [0.5, 0.6) is 0 Å². The van der Waals surface area contributed by atoms with E-state index in [1.54, 1.807) is 0 Å². The Bertz CT molecular complexity index is 359. The largest absolute Gasteiger partial charge is 0.478 e. The highest BCUT2D eigenvalue weighted by atomic mass is 14.9. The molecule has 3 N–H and O–H groups in total. The van der Waals surface area contributed by atoms with Crippen molar-refractivity contribution < 1.29 is 5.32 Å². The number of rotatable bonds is 3. The van der Waals surface area contributed by atoms with Crippen LogP contribution in [0, 0.1) is 7.05 Å². The maximum atomic E-state index is 4.45. The molecule has 1 aromatic heterocycles. The molecule has 3 heteroatoms. The topological polar surface area (TPSA) is 45.3 Å². The molecule has 0 saturated carbocycles. The molecular formula is C10H13N3. The first-order valence-corrected chi connectivity index (χ1v) is 4.44. The Morgan fingerprint density at radius 3 is 3.00 bits per heavy atom. The summed E-state index contributed by atoms with van der Waals surface area (Å²) in [6, 6.07) is 8.07. The number of aromatic nitrogens is 2. The van der Waals surface area contributed by atoms with Gasteiger partial charge in [0.1, 0.15) is 5.82 Å². The normalized spacial score (nSPS) is 10.8. The van der Waals surface area contributed by atoms with Gasteiger partial charge in [-0.15, -0.1) is 0 Å². The van der Waals surface area contributed by atoms with Crippen LogP contribution < -0.4 is 5.32 Å². The Labute approximate surface area is 77.2 Å². The lowest BCUT2D eigenvalue weighted by molar-refractivity contribution is -0.595. The van der Waals surface area contributed by atoms with Crippen LogP contribution in [-0.4, -0.2) is 16.5 Å². The van der Waals surface area contributed by atoms with Gasteiger partial charge in [-0.1, -0.05) is 12.1 Å². The molecule has 0 saturated heterocycles. The van der Waals surface area contributed by atoms with E-state index in [-0.39, 0.29) is 0 Å². The molecule has 0 spiro atoms. The number of imidazole rings is 1. The van der Waals surface area contributed by atoms with Gasteiger partial charge in [0, 0.05) is 0 Å². The van der Waals surface area contributed by atoms with Gasteiger partial charge in [-0.25, -0.2) is 4.98 Å². The molecule has 0 atom stereocenters. The number of hydrogen-bond acceptors (Lipinski definition) is 1. The molecule has 0 unspecified atom stereocenters. The molecule has 1 aromatic carbocycles. The molecule has 0 radical (unpaired) electrons. The number of benzene rings is 1. The summed E-state index contributed by atoms with van der Waals surface area (Å²) in [5, 5.41) is 1.91. The van der Waals surface area contributed by atoms with E-state index in [2.05, 4.69) is 17.0 Å². The SMILES string of the molecule is [CH2-][NH2+]CCc1nc2ccccc2[nH]1. The third kappa shape index (κ3) is 1.70. The number of quaternary nitrogens is 1. The second-order valence-corrected chi connectivity index (χ2v) is 3.03. The lowest BCUT2D eigenvalue weighted by atomic mass is 10.3. The fourth-order valence-corrected chi connectivity index (χ4v) is 1.36. The first-order chi connectivity index (χ1) is 6.40. The molecular weight excluding hydrogens is 162 g/mol. The molecule has 13 heavy (non-hydrogen) atoms. The molecule has 0 aliphatic rings. The third-order valence-corrected chi connectivity index (χ3v) is 2.02. The first-order valence-electron chi connectivity index (χ1n) is 4.44. The van der Waals surface area contributed by atoms with Crippen LogP contribution in [0.1, 0.15) is 5.82 Å². The summed E-state index contributed by atoms with van der Waals surface area (Å²) in [7, 11) is 3.69. The van der Waals surface area contributed by atoms with Gasteiger partial charge in [0.05, 0.1) is 24.0 Å². The number of para-hydroxylation sites is 2. The van der Waals surface area contributed by atoms with E-state index >= 15 is 0 Å². The first kappa shape index (κ1) is 8.26. The standard InChI is InChI=1S/C10H13N3/c1-11-7-6-10-12-8-4-2-3-5-9(8)13-10/h2-5H,1,6-7,11H2,(H,12,13). The second-order valence-electron chi connectivity index (χ2n) is 3.03. The van der Waals surface area contributed by atoms with Gasteiger partial charge in [0.15, 0.2) is 0 Å². The lowest BCUT2D eigenvalue weighted by Gasteiger charge is -1.95. The molecule has 0 aliphatic carbocycles. The molecule has 1 heterocycles. The number of aromatic amines is 1. The number of nitrogens with one attached hydrogen (secondary N) is 1. The van der Waals surface area contributed by atoms with Crippen molar-refractivity contribution in [1.29, 1.82) is 0 Å². The third-order valence-electron chi connectivity index (χ3n) is 2.02. The summed E-state index contributed by atoms with van der Waals surface area (Å²) in [4.78, 5) is 7.72. The number of fused-ring (bicyclic) bond motifs is 1. The number of hydrogen-bond donors (Lipinski definition) is 2. The number of H-pyrrole nitrogens is 1.